The summed E-state index contributed by atoms with van der Waals surface area (Å²) in [5, 5.41) is 9.88. The third-order valence-electron chi connectivity index (χ3n) is 1.89. The van der Waals surface area contributed by atoms with Crippen LogP contribution in [-0.4, -0.2) is 17.3 Å². The van der Waals surface area contributed by atoms with Gasteiger partial charge in [0, 0.05) is 4.47 Å². The summed E-state index contributed by atoms with van der Waals surface area (Å²) in [6.07, 6.45) is -0.570. The monoisotopic (exact) mass is 287 g/mol. The van der Waals surface area contributed by atoms with Crippen molar-refractivity contribution in [2.75, 3.05) is 6.54 Å². The molecule has 1 rings (SSSR count). The van der Waals surface area contributed by atoms with E-state index in [1.807, 2.05) is 45.0 Å². The van der Waals surface area contributed by atoms with E-state index >= 15 is 0 Å². The van der Waals surface area contributed by atoms with Gasteiger partial charge in [0.15, 0.2) is 0 Å². The van der Waals surface area contributed by atoms with Crippen LogP contribution in [0.3, 0.4) is 0 Å². The molecule has 1 aromatic rings. The highest BCUT2D eigenvalue weighted by Gasteiger charge is 2.12. The molecule has 0 aromatic heterocycles. The number of hydrogen-bond acceptors (Lipinski definition) is 3. The van der Waals surface area contributed by atoms with Crippen molar-refractivity contribution in [1.29, 1.82) is 0 Å². The lowest BCUT2D eigenvalue weighted by Crippen LogP contribution is -2.31. The Bertz CT molecular complexity index is 336. The third-order valence-corrected chi connectivity index (χ3v) is 2.38. The van der Waals surface area contributed by atoms with E-state index in [1.165, 1.54) is 0 Å². The van der Waals surface area contributed by atoms with Gasteiger partial charge in [0.2, 0.25) is 0 Å². The van der Waals surface area contributed by atoms with Crippen molar-refractivity contribution >= 4 is 15.9 Å². The molecular weight excluding hydrogens is 270 g/mol. The number of rotatable bonds is 4. The van der Waals surface area contributed by atoms with Crippen LogP contribution in [0.4, 0.5) is 0 Å². The second kappa shape index (κ2) is 5.77. The zero-order chi connectivity index (χ0) is 12.2. The molecule has 90 valence electrons. The number of benzene rings is 1. The average Bonchev–Trinajstić information content (AvgIpc) is 2.15. The molecule has 4 heteroatoms. The van der Waals surface area contributed by atoms with Crippen molar-refractivity contribution in [3.8, 4) is 0 Å². The van der Waals surface area contributed by atoms with E-state index in [0.717, 1.165) is 10.0 Å². The van der Waals surface area contributed by atoms with Crippen molar-refractivity contribution in [2.24, 2.45) is 0 Å². The van der Waals surface area contributed by atoms with Crippen molar-refractivity contribution in [2.45, 2.75) is 32.5 Å². The van der Waals surface area contributed by atoms with Crippen LogP contribution in [0.15, 0.2) is 28.7 Å². The molecule has 0 aliphatic rings. The molecule has 0 bridgehead atoms. The molecule has 0 aliphatic carbocycles. The fourth-order valence-corrected chi connectivity index (χ4v) is 1.59. The SMILES string of the molecule is CC(C)(C)ONCC(O)c1cccc(Br)c1. The molecule has 0 heterocycles. The summed E-state index contributed by atoms with van der Waals surface area (Å²) in [4.78, 5) is 5.33. The Hall–Kier alpha value is -0.420. The third kappa shape index (κ3) is 5.07. The minimum absolute atomic E-state index is 0.253. The van der Waals surface area contributed by atoms with Gasteiger partial charge in [-0.15, -0.1) is 0 Å². The zero-order valence-electron chi connectivity index (χ0n) is 9.83. The van der Waals surface area contributed by atoms with Gasteiger partial charge in [0.1, 0.15) is 0 Å². The number of halogens is 1. The molecule has 1 unspecified atom stereocenters. The molecular formula is C12H18BrNO2. The maximum Gasteiger partial charge on any atom is 0.0938 e. The lowest BCUT2D eigenvalue weighted by Gasteiger charge is -2.21. The van der Waals surface area contributed by atoms with Crippen LogP contribution >= 0.6 is 15.9 Å². The first-order valence-corrected chi connectivity index (χ1v) is 6.02. The second-order valence-corrected chi connectivity index (χ2v) is 5.55. The van der Waals surface area contributed by atoms with Gasteiger partial charge in [-0.05, 0) is 38.5 Å². The molecule has 16 heavy (non-hydrogen) atoms. The number of hydrogen-bond donors (Lipinski definition) is 2. The summed E-state index contributed by atoms with van der Waals surface area (Å²) < 4.78 is 0.959. The van der Waals surface area contributed by atoms with Crippen LogP contribution in [0.1, 0.15) is 32.4 Å². The maximum absolute atomic E-state index is 9.88. The van der Waals surface area contributed by atoms with Gasteiger partial charge in [-0.3, -0.25) is 4.84 Å². The smallest absolute Gasteiger partial charge is 0.0938 e. The highest BCUT2D eigenvalue weighted by atomic mass is 79.9. The van der Waals surface area contributed by atoms with E-state index in [-0.39, 0.29) is 5.60 Å². The van der Waals surface area contributed by atoms with Crippen LogP contribution in [0.5, 0.6) is 0 Å². The Labute approximate surface area is 105 Å². The van der Waals surface area contributed by atoms with Crippen molar-refractivity contribution in [3.05, 3.63) is 34.3 Å². The highest BCUT2D eigenvalue weighted by molar-refractivity contribution is 9.10. The summed E-state index contributed by atoms with van der Waals surface area (Å²) in [5.74, 6) is 0. The molecule has 0 saturated carbocycles. The molecule has 0 fully saturated rings. The number of hydroxylamine groups is 1. The molecule has 1 aromatic carbocycles. The summed E-state index contributed by atoms with van der Waals surface area (Å²) in [7, 11) is 0. The van der Waals surface area contributed by atoms with Crippen LogP contribution in [0.2, 0.25) is 0 Å². The van der Waals surface area contributed by atoms with Gasteiger partial charge in [0.05, 0.1) is 18.2 Å². The minimum Gasteiger partial charge on any atom is -0.387 e. The van der Waals surface area contributed by atoms with Crippen LogP contribution in [-0.2, 0) is 4.84 Å². The fourth-order valence-electron chi connectivity index (χ4n) is 1.17. The number of aliphatic hydroxyl groups is 1. The Balaban J connectivity index is 2.44. The van der Waals surface area contributed by atoms with E-state index in [0.29, 0.717) is 6.54 Å². The molecule has 0 aliphatic heterocycles. The highest BCUT2D eigenvalue weighted by Crippen LogP contribution is 2.17. The normalized spacial score (nSPS) is 13.8. The predicted octanol–water partition coefficient (Wildman–Crippen LogP) is 2.80. The first kappa shape index (κ1) is 13.6. The summed E-state index contributed by atoms with van der Waals surface area (Å²) in [5.41, 5.74) is 3.39. The summed E-state index contributed by atoms with van der Waals surface area (Å²) in [6.45, 7) is 6.22. The average molecular weight is 288 g/mol. The maximum atomic E-state index is 9.88. The van der Waals surface area contributed by atoms with Gasteiger partial charge >= 0.3 is 0 Å². The van der Waals surface area contributed by atoms with Crippen molar-refractivity contribution in [1.82, 2.24) is 5.48 Å². The Morgan fingerprint density at radius 1 is 1.44 bits per heavy atom. The molecule has 0 saturated heterocycles. The van der Waals surface area contributed by atoms with E-state index in [2.05, 4.69) is 21.4 Å². The van der Waals surface area contributed by atoms with E-state index in [9.17, 15) is 5.11 Å². The van der Waals surface area contributed by atoms with Crippen LogP contribution < -0.4 is 5.48 Å². The Morgan fingerprint density at radius 3 is 2.69 bits per heavy atom. The Kier molecular flexibility index (Phi) is 4.92. The van der Waals surface area contributed by atoms with Crippen LogP contribution in [0, 0.1) is 0 Å². The fraction of sp³-hybridized carbons (Fsp3) is 0.500. The van der Waals surface area contributed by atoms with Crippen LogP contribution in [0.25, 0.3) is 0 Å². The van der Waals surface area contributed by atoms with Gasteiger partial charge in [-0.25, -0.2) is 0 Å². The van der Waals surface area contributed by atoms with Gasteiger partial charge in [-0.1, -0.05) is 28.1 Å². The zero-order valence-corrected chi connectivity index (χ0v) is 11.4. The molecule has 2 N–H and O–H groups in total. The first-order chi connectivity index (χ1) is 7.38. The quantitative estimate of drug-likeness (QED) is 0.837. The van der Waals surface area contributed by atoms with E-state index in [1.54, 1.807) is 0 Å². The molecule has 0 spiro atoms. The largest absolute Gasteiger partial charge is 0.387 e. The molecule has 3 nitrogen and oxygen atoms in total. The van der Waals surface area contributed by atoms with Gasteiger partial charge in [-0.2, -0.15) is 5.48 Å². The minimum atomic E-state index is -0.570. The van der Waals surface area contributed by atoms with Gasteiger partial charge in [0.25, 0.3) is 0 Å². The Morgan fingerprint density at radius 2 is 2.12 bits per heavy atom. The number of aliphatic hydroxyl groups excluding tert-OH is 1. The topological polar surface area (TPSA) is 41.5 Å². The van der Waals surface area contributed by atoms with E-state index in [4.69, 9.17) is 4.84 Å². The second-order valence-electron chi connectivity index (χ2n) is 4.63. The summed E-state index contributed by atoms with van der Waals surface area (Å²) >= 11 is 3.37. The lowest BCUT2D eigenvalue weighted by molar-refractivity contribution is -0.0834. The standard InChI is InChI=1S/C12H18BrNO2/c1-12(2,3)16-14-8-11(15)9-5-4-6-10(13)7-9/h4-7,11,14-15H,8H2,1-3H3. The van der Waals surface area contributed by atoms with Gasteiger partial charge < -0.3 is 5.11 Å². The summed E-state index contributed by atoms with van der Waals surface area (Å²) in [6, 6.07) is 7.60. The molecule has 1 atom stereocenters. The van der Waals surface area contributed by atoms with Crippen molar-refractivity contribution < 1.29 is 9.94 Å². The number of nitrogens with one attached hydrogen (secondary N) is 1. The predicted molar refractivity (Wildman–Crippen MR) is 67.9 cm³/mol. The van der Waals surface area contributed by atoms with Crippen molar-refractivity contribution in [3.63, 3.8) is 0 Å². The lowest BCUT2D eigenvalue weighted by atomic mass is 10.1. The first-order valence-electron chi connectivity index (χ1n) is 5.23. The van der Waals surface area contributed by atoms with E-state index < -0.39 is 6.10 Å². The molecule has 0 radical (unpaired) electrons. The molecule has 0 amide bonds.